The number of aliphatic hydroxyl groups is 4. The average Bonchev–Trinajstić information content (AvgIpc) is 2.21. The fraction of sp³-hybridized carbons (Fsp3) is 0.833. The van der Waals surface area contributed by atoms with Crippen LogP contribution in [0.25, 0.3) is 0 Å². The smallest absolute Gasteiger partial charge is 0.394 e. The van der Waals surface area contributed by atoms with E-state index in [0.29, 0.717) is 0 Å². The molecule has 0 heterocycles. The molecule has 0 aromatic carbocycles. The molecule has 0 fully saturated rings. The van der Waals surface area contributed by atoms with Gasteiger partial charge in [0.15, 0.2) is 6.29 Å². The van der Waals surface area contributed by atoms with Gasteiger partial charge in [-0.15, -0.1) is 0 Å². The van der Waals surface area contributed by atoms with Gasteiger partial charge in [-0.05, 0) is 0 Å². The highest BCUT2D eigenvalue weighted by molar-refractivity contribution is 7.80. The van der Waals surface area contributed by atoms with E-state index in [4.69, 9.17) is 19.9 Å². The molecule has 4 atom stereocenters. The van der Waals surface area contributed by atoms with E-state index in [-0.39, 0.29) is 6.29 Å². The van der Waals surface area contributed by atoms with Crippen LogP contribution < -0.4 is 0 Å². The van der Waals surface area contributed by atoms with E-state index in [1.807, 2.05) is 0 Å². The van der Waals surface area contributed by atoms with E-state index in [1.165, 1.54) is 0 Å². The molecule has 0 rings (SSSR count). The van der Waals surface area contributed by atoms with Crippen molar-refractivity contribution in [2.75, 3.05) is 6.61 Å². The number of hydrogen-bond donors (Lipinski definition) is 5. The molecule has 0 aliphatic carbocycles. The van der Waals surface area contributed by atoms with Crippen LogP contribution in [0.4, 0.5) is 0 Å². The Morgan fingerprint density at radius 3 is 2.00 bits per heavy atom. The van der Waals surface area contributed by atoms with Crippen molar-refractivity contribution in [2.24, 2.45) is 0 Å². The first-order valence-corrected chi connectivity index (χ1v) is 5.35. The Kier molecular flexibility index (Phi) is 5.96. The van der Waals surface area contributed by atoms with Gasteiger partial charge in [-0.1, -0.05) is 0 Å². The average molecular weight is 260 g/mol. The predicted octanol–water partition coefficient (Wildman–Crippen LogP) is -3.55. The second kappa shape index (κ2) is 6.20. The lowest BCUT2D eigenvalue weighted by Crippen LogP contribution is -2.48. The number of hydrogen-bond acceptors (Lipinski definition) is 8. The van der Waals surface area contributed by atoms with Crippen LogP contribution in [0.15, 0.2) is 0 Å². The maximum atomic E-state index is 10.3. The normalized spacial score (nSPS) is 19.8. The number of rotatable bonds is 7. The van der Waals surface area contributed by atoms with Crippen LogP contribution in [0.3, 0.4) is 0 Å². The summed E-state index contributed by atoms with van der Waals surface area (Å²) in [6, 6.07) is 0. The van der Waals surface area contributed by atoms with Crippen molar-refractivity contribution in [3.63, 3.8) is 0 Å². The molecular weight excluding hydrogens is 248 g/mol. The molecule has 0 spiro atoms. The lowest BCUT2D eigenvalue weighted by molar-refractivity contribution is -0.134. The molecule has 0 saturated heterocycles. The van der Waals surface area contributed by atoms with E-state index < -0.39 is 41.4 Å². The molecule has 96 valence electrons. The SMILES string of the molecule is O=C[C@H](O)[C@@H](O)[C@@H](O)[C@@H](CO)OS(=O)(=O)O. The van der Waals surface area contributed by atoms with Crippen molar-refractivity contribution in [1.29, 1.82) is 0 Å². The molecule has 0 aliphatic rings. The van der Waals surface area contributed by atoms with Crippen molar-refractivity contribution < 1.29 is 42.4 Å². The summed E-state index contributed by atoms with van der Waals surface area (Å²) in [5, 5.41) is 35.7. The number of aliphatic hydroxyl groups excluding tert-OH is 4. The summed E-state index contributed by atoms with van der Waals surface area (Å²) < 4.78 is 32.6. The van der Waals surface area contributed by atoms with Crippen LogP contribution in [0.2, 0.25) is 0 Å². The van der Waals surface area contributed by atoms with E-state index in [2.05, 4.69) is 4.18 Å². The van der Waals surface area contributed by atoms with Crippen molar-refractivity contribution >= 4 is 16.7 Å². The third kappa shape index (κ3) is 4.94. The molecule has 0 aromatic rings. The van der Waals surface area contributed by atoms with Gasteiger partial charge in [-0.2, -0.15) is 8.42 Å². The van der Waals surface area contributed by atoms with Gasteiger partial charge in [0.25, 0.3) is 0 Å². The van der Waals surface area contributed by atoms with E-state index in [1.54, 1.807) is 0 Å². The third-order valence-electron chi connectivity index (χ3n) is 1.65. The van der Waals surface area contributed by atoms with Gasteiger partial charge < -0.3 is 25.2 Å². The highest BCUT2D eigenvalue weighted by Crippen LogP contribution is 2.09. The minimum atomic E-state index is -4.95. The molecule has 9 nitrogen and oxygen atoms in total. The molecule has 5 N–H and O–H groups in total. The monoisotopic (exact) mass is 260 g/mol. The van der Waals surface area contributed by atoms with Crippen molar-refractivity contribution in [3.8, 4) is 0 Å². The van der Waals surface area contributed by atoms with Crippen LogP contribution >= 0.6 is 0 Å². The third-order valence-corrected chi connectivity index (χ3v) is 2.14. The lowest BCUT2D eigenvalue weighted by atomic mass is 10.0. The summed E-state index contributed by atoms with van der Waals surface area (Å²) in [5.41, 5.74) is 0. The fourth-order valence-electron chi connectivity index (χ4n) is 0.854. The molecule has 0 aliphatic heterocycles. The lowest BCUT2D eigenvalue weighted by Gasteiger charge is -2.24. The highest BCUT2D eigenvalue weighted by atomic mass is 32.3. The van der Waals surface area contributed by atoms with Crippen LogP contribution in [0.1, 0.15) is 0 Å². The first-order valence-electron chi connectivity index (χ1n) is 3.99. The summed E-state index contributed by atoms with van der Waals surface area (Å²) in [6.45, 7) is -1.07. The first kappa shape index (κ1) is 15.4. The van der Waals surface area contributed by atoms with Gasteiger partial charge in [0.05, 0.1) is 6.61 Å². The Balaban J connectivity index is 4.64. The van der Waals surface area contributed by atoms with Gasteiger partial charge >= 0.3 is 10.4 Å². The zero-order valence-corrected chi connectivity index (χ0v) is 8.69. The molecule has 0 radical (unpaired) electrons. The van der Waals surface area contributed by atoms with Crippen molar-refractivity contribution in [2.45, 2.75) is 24.4 Å². The summed E-state index contributed by atoms with van der Waals surface area (Å²) >= 11 is 0. The van der Waals surface area contributed by atoms with Crippen LogP contribution in [-0.2, 0) is 19.4 Å². The first-order chi connectivity index (χ1) is 7.22. The summed E-state index contributed by atoms with van der Waals surface area (Å²) in [5.74, 6) is 0. The second-order valence-corrected chi connectivity index (χ2v) is 3.90. The van der Waals surface area contributed by atoms with E-state index in [9.17, 15) is 18.3 Å². The van der Waals surface area contributed by atoms with Gasteiger partial charge in [0.2, 0.25) is 0 Å². The second-order valence-electron chi connectivity index (χ2n) is 2.85. The predicted molar refractivity (Wildman–Crippen MR) is 47.6 cm³/mol. The maximum Gasteiger partial charge on any atom is 0.397 e. The zero-order chi connectivity index (χ0) is 12.9. The van der Waals surface area contributed by atoms with E-state index >= 15 is 0 Å². The van der Waals surface area contributed by atoms with Crippen LogP contribution in [0, 0.1) is 0 Å². The minimum Gasteiger partial charge on any atom is -0.394 e. The largest absolute Gasteiger partial charge is 0.397 e. The van der Waals surface area contributed by atoms with Crippen LogP contribution in [-0.4, -0.2) is 70.7 Å². The maximum absolute atomic E-state index is 10.3. The van der Waals surface area contributed by atoms with Crippen molar-refractivity contribution in [3.05, 3.63) is 0 Å². The molecule has 10 heteroatoms. The molecule has 0 aromatic heterocycles. The van der Waals surface area contributed by atoms with Crippen molar-refractivity contribution in [1.82, 2.24) is 0 Å². The van der Waals surface area contributed by atoms with E-state index in [0.717, 1.165) is 0 Å². The quantitative estimate of drug-likeness (QED) is 0.230. The highest BCUT2D eigenvalue weighted by Gasteiger charge is 2.34. The molecule has 0 bridgehead atoms. The molecule has 0 amide bonds. The topological polar surface area (TPSA) is 162 Å². The standard InChI is InChI=1S/C6H12O9S/c7-1-3(9)5(10)6(11)4(2-8)15-16(12,13)14/h1,3-6,8-11H,2H2,(H,12,13,14)/t3-,4+,5+,6-/m0/s1. The summed E-state index contributed by atoms with van der Waals surface area (Å²) in [7, 11) is -4.95. The number of carbonyl (C=O) groups excluding carboxylic acids is 1. The Hall–Kier alpha value is -0.620. The molecule has 16 heavy (non-hydrogen) atoms. The zero-order valence-electron chi connectivity index (χ0n) is 7.87. The fourth-order valence-corrected chi connectivity index (χ4v) is 1.34. The molecule has 0 saturated carbocycles. The Bertz CT molecular complexity index is 312. The Labute approximate surface area is 90.9 Å². The number of carbonyl (C=O) groups is 1. The van der Waals surface area contributed by atoms with Crippen LogP contribution in [0.5, 0.6) is 0 Å². The Morgan fingerprint density at radius 2 is 1.69 bits per heavy atom. The summed E-state index contributed by atoms with van der Waals surface area (Å²) in [4.78, 5) is 10.1. The van der Waals surface area contributed by atoms with Gasteiger partial charge in [0, 0.05) is 0 Å². The number of aldehydes is 1. The minimum absolute atomic E-state index is 0.101. The van der Waals surface area contributed by atoms with Gasteiger partial charge in [-0.25, -0.2) is 4.18 Å². The molecular formula is C6H12O9S. The summed E-state index contributed by atoms with van der Waals surface area (Å²) in [6.07, 6.45) is -8.12. The van der Waals surface area contributed by atoms with Gasteiger partial charge in [0.1, 0.15) is 24.4 Å². The van der Waals surface area contributed by atoms with Gasteiger partial charge in [-0.3, -0.25) is 4.55 Å². The Morgan fingerprint density at radius 1 is 1.19 bits per heavy atom. The molecule has 0 unspecified atom stereocenters.